The van der Waals surface area contributed by atoms with Gasteiger partial charge in [0.05, 0.1) is 25.0 Å². The summed E-state index contributed by atoms with van der Waals surface area (Å²) in [6, 6.07) is 12.3. The van der Waals surface area contributed by atoms with Gasteiger partial charge in [0.25, 0.3) is 0 Å². The van der Waals surface area contributed by atoms with Gasteiger partial charge in [0.15, 0.2) is 0 Å². The van der Waals surface area contributed by atoms with E-state index in [9.17, 15) is 18.0 Å². The fourth-order valence-electron chi connectivity index (χ4n) is 4.24. The molecule has 0 amide bonds. The van der Waals surface area contributed by atoms with E-state index in [0.717, 1.165) is 37.1 Å². The summed E-state index contributed by atoms with van der Waals surface area (Å²) in [5.41, 5.74) is 1.49. The number of aryl methyl sites for hydroxylation is 1. The molecule has 0 N–H and O–H groups in total. The first-order valence-corrected chi connectivity index (χ1v) is 11.4. The molecular formula is C26H27F3N2O4. The lowest BCUT2D eigenvalue weighted by molar-refractivity contribution is -0.146. The number of halogens is 3. The molecule has 1 fully saturated rings. The predicted molar refractivity (Wildman–Crippen MR) is 123 cm³/mol. The maximum Gasteiger partial charge on any atom is 0.416 e. The summed E-state index contributed by atoms with van der Waals surface area (Å²) in [6.07, 6.45) is -2.14. The van der Waals surface area contributed by atoms with E-state index in [2.05, 4.69) is 9.88 Å². The zero-order valence-corrected chi connectivity index (χ0v) is 19.6. The fourth-order valence-corrected chi connectivity index (χ4v) is 4.24. The van der Waals surface area contributed by atoms with Crippen molar-refractivity contribution in [2.45, 2.75) is 44.9 Å². The van der Waals surface area contributed by atoms with Gasteiger partial charge in [-0.15, -0.1) is 0 Å². The number of rotatable bonds is 8. The van der Waals surface area contributed by atoms with Crippen molar-refractivity contribution in [2.24, 2.45) is 0 Å². The van der Waals surface area contributed by atoms with Crippen LogP contribution in [-0.4, -0.2) is 42.2 Å². The number of esters is 1. The van der Waals surface area contributed by atoms with Gasteiger partial charge < -0.3 is 13.9 Å². The summed E-state index contributed by atoms with van der Waals surface area (Å²) in [5, 5.41) is 0. The first-order chi connectivity index (χ1) is 16.7. The molecule has 35 heavy (non-hydrogen) atoms. The fraction of sp³-hybridized carbons (Fsp3) is 0.385. The van der Waals surface area contributed by atoms with Crippen molar-refractivity contribution in [2.75, 3.05) is 20.3 Å². The summed E-state index contributed by atoms with van der Waals surface area (Å²) in [7, 11) is 1.41. The highest BCUT2D eigenvalue weighted by molar-refractivity contribution is 5.76. The molecular weight excluding hydrogens is 461 g/mol. The highest BCUT2D eigenvalue weighted by Gasteiger charge is 2.31. The molecule has 1 saturated heterocycles. The lowest BCUT2D eigenvalue weighted by Gasteiger charge is -2.22. The van der Waals surface area contributed by atoms with Crippen LogP contribution in [-0.2, 0) is 28.7 Å². The summed E-state index contributed by atoms with van der Waals surface area (Å²) >= 11 is 0. The third-order valence-corrected chi connectivity index (χ3v) is 6.08. The molecule has 6 nitrogen and oxygen atoms in total. The van der Waals surface area contributed by atoms with E-state index >= 15 is 0 Å². The Morgan fingerprint density at radius 3 is 2.69 bits per heavy atom. The second kappa shape index (κ2) is 10.5. The monoisotopic (exact) mass is 488 g/mol. The number of oxazole rings is 1. The van der Waals surface area contributed by atoms with Crippen LogP contribution in [0.5, 0.6) is 5.75 Å². The minimum atomic E-state index is -4.39. The highest BCUT2D eigenvalue weighted by Crippen LogP contribution is 2.31. The highest BCUT2D eigenvalue weighted by atomic mass is 19.4. The van der Waals surface area contributed by atoms with Crippen LogP contribution in [0.4, 0.5) is 13.2 Å². The second-order valence-corrected chi connectivity index (χ2v) is 8.49. The Bertz CT molecular complexity index is 1160. The van der Waals surface area contributed by atoms with Crippen molar-refractivity contribution >= 4 is 5.97 Å². The molecule has 3 aromatic rings. The molecule has 2 aromatic carbocycles. The second-order valence-electron chi connectivity index (χ2n) is 8.49. The number of likely N-dealkylation sites (tertiary alicyclic amines) is 1. The molecule has 2 heterocycles. The molecule has 0 aliphatic carbocycles. The van der Waals surface area contributed by atoms with Gasteiger partial charge in [-0.05, 0) is 68.3 Å². The Morgan fingerprint density at radius 1 is 1.20 bits per heavy atom. The standard InChI is InChI=1S/C26H27F3N2O4/c1-17-22(30-24(35-17)19-8-10-20(11-9-19)26(27,28)29)12-14-34-21-6-3-5-18(15-21)16-31-13-4-7-23(31)25(32)33-2/h3,5-6,8-11,15,23H,4,7,12-14,16H2,1-2H3. The number of hydrogen-bond acceptors (Lipinski definition) is 6. The van der Waals surface area contributed by atoms with Gasteiger partial charge >= 0.3 is 12.1 Å². The summed E-state index contributed by atoms with van der Waals surface area (Å²) in [4.78, 5) is 18.5. The van der Waals surface area contributed by atoms with Crippen LogP contribution >= 0.6 is 0 Å². The van der Waals surface area contributed by atoms with Crippen LogP contribution in [0.25, 0.3) is 11.5 Å². The number of carbonyl (C=O) groups excluding carboxylic acids is 1. The Kier molecular flexibility index (Phi) is 7.45. The SMILES string of the molecule is COC(=O)C1CCCN1Cc1cccc(OCCc2nc(-c3ccc(C(F)(F)F)cc3)oc2C)c1. The number of nitrogens with zero attached hydrogens (tertiary/aromatic N) is 2. The molecule has 0 saturated carbocycles. The van der Waals surface area contributed by atoms with Crippen LogP contribution in [0.2, 0.25) is 0 Å². The number of benzene rings is 2. The van der Waals surface area contributed by atoms with Crippen molar-refractivity contribution in [3.05, 3.63) is 71.1 Å². The van der Waals surface area contributed by atoms with Gasteiger partial charge in [0.1, 0.15) is 17.6 Å². The third-order valence-electron chi connectivity index (χ3n) is 6.08. The number of carbonyl (C=O) groups is 1. The van der Waals surface area contributed by atoms with E-state index in [0.29, 0.717) is 42.3 Å². The third kappa shape index (κ3) is 6.03. The molecule has 0 spiro atoms. The lowest BCUT2D eigenvalue weighted by Crippen LogP contribution is -2.36. The first kappa shape index (κ1) is 24.8. The van der Waals surface area contributed by atoms with Crippen molar-refractivity contribution < 1.29 is 31.9 Å². The molecule has 0 bridgehead atoms. The lowest BCUT2D eigenvalue weighted by atomic mass is 10.1. The summed E-state index contributed by atoms with van der Waals surface area (Å²) in [5.74, 6) is 1.38. The van der Waals surface area contributed by atoms with Gasteiger partial charge in [0.2, 0.25) is 5.89 Å². The van der Waals surface area contributed by atoms with Gasteiger partial charge in [0, 0.05) is 18.5 Å². The molecule has 1 aliphatic rings. The average molecular weight is 489 g/mol. The maximum absolute atomic E-state index is 12.8. The largest absolute Gasteiger partial charge is 0.493 e. The molecule has 186 valence electrons. The van der Waals surface area contributed by atoms with Crippen molar-refractivity contribution in [1.82, 2.24) is 9.88 Å². The van der Waals surface area contributed by atoms with E-state index in [1.807, 2.05) is 24.3 Å². The minimum Gasteiger partial charge on any atom is -0.493 e. The van der Waals surface area contributed by atoms with E-state index in [4.69, 9.17) is 13.9 Å². The van der Waals surface area contributed by atoms with Crippen LogP contribution in [0.1, 0.15) is 35.4 Å². The van der Waals surface area contributed by atoms with Crippen molar-refractivity contribution in [3.8, 4) is 17.2 Å². The zero-order valence-electron chi connectivity index (χ0n) is 19.6. The molecule has 9 heteroatoms. The number of ether oxygens (including phenoxy) is 2. The number of hydrogen-bond donors (Lipinski definition) is 0. The molecule has 1 unspecified atom stereocenters. The molecule has 0 radical (unpaired) electrons. The van der Waals surface area contributed by atoms with Crippen LogP contribution < -0.4 is 4.74 Å². The van der Waals surface area contributed by atoms with Gasteiger partial charge in [-0.2, -0.15) is 13.2 Å². The number of aromatic nitrogens is 1. The van der Waals surface area contributed by atoms with E-state index in [1.165, 1.54) is 19.2 Å². The molecule has 4 rings (SSSR count). The predicted octanol–water partition coefficient (Wildman–Crippen LogP) is 5.43. The van der Waals surface area contributed by atoms with E-state index in [-0.39, 0.29) is 17.9 Å². The van der Waals surface area contributed by atoms with E-state index in [1.54, 1.807) is 6.92 Å². The van der Waals surface area contributed by atoms with Crippen molar-refractivity contribution in [1.29, 1.82) is 0 Å². The Hall–Kier alpha value is -3.33. The number of methoxy groups -OCH3 is 1. The van der Waals surface area contributed by atoms with Crippen molar-refractivity contribution in [3.63, 3.8) is 0 Å². The zero-order chi connectivity index (χ0) is 25.0. The quantitative estimate of drug-likeness (QED) is 0.394. The Morgan fingerprint density at radius 2 is 1.97 bits per heavy atom. The maximum atomic E-state index is 12.8. The van der Waals surface area contributed by atoms with Crippen LogP contribution in [0, 0.1) is 6.92 Å². The summed E-state index contributed by atoms with van der Waals surface area (Å²) < 4.78 is 54.9. The minimum absolute atomic E-state index is 0.200. The summed E-state index contributed by atoms with van der Waals surface area (Å²) in [6.45, 7) is 3.61. The van der Waals surface area contributed by atoms with Crippen LogP contribution in [0.3, 0.4) is 0 Å². The van der Waals surface area contributed by atoms with Gasteiger partial charge in [-0.3, -0.25) is 9.69 Å². The van der Waals surface area contributed by atoms with Gasteiger partial charge in [-0.1, -0.05) is 12.1 Å². The van der Waals surface area contributed by atoms with Crippen LogP contribution in [0.15, 0.2) is 52.9 Å². The van der Waals surface area contributed by atoms with Gasteiger partial charge in [-0.25, -0.2) is 4.98 Å². The normalized spacial score (nSPS) is 16.4. The topological polar surface area (TPSA) is 64.8 Å². The Balaban J connectivity index is 1.34. The average Bonchev–Trinajstić information content (AvgIpc) is 3.45. The molecule has 1 aromatic heterocycles. The first-order valence-electron chi connectivity index (χ1n) is 11.4. The smallest absolute Gasteiger partial charge is 0.416 e. The Labute approximate surface area is 201 Å². The van der Waals surface area contributed by atoms with E-state index < -0.39 is 11.7 Å². The molecule has 1 atom stereocenters. The number of alkyl halides is 3. The molecule has 1 aliphatic heterocycles.